The molecule has 1 fully saturated rings. The molecule has 3 rings (SSSR count). The van der Waals surface area contributed by atoms with Crippen molar-refractivity contribution in [1.82, 2.24) is 4.98 Å². The highest BCUT2D eigenvalue weighted by Crippen LogP contribution is 2.25. The van der Waals surface area contributed by atoms with Gasteiger partial charge in [-0.25, -0.2) is 4.98 Å². The summed E-state index contributed by atoms with van der Waals surface area (Å²) in [6.07, 6.45) is 0. The topological polar surface area (TPSA) is 71.3 Å². The number of nitrogens with one attached hydrogen (secondary N) is 1. The molecule has 0 unspecified atom stereocenters. The van der Waals surface area contributed by atoms with Crippen LogP contribution in [0.15, 0.2) is 42.5 Å². The molecule has 2 heterocycles. The van der Waals surface area contributed by atoms with Gasteiger partial charge in [0.25, 0.3) is 5.69 Å². The first-order valence-electron chi connectivity index (χ1n) is 6.82. The van der Waals surface area contributed by atoms with Crippen LogP contribution in [0.25, 0.3) is 0 Å². The predicted molar refractivity (Wildman–Crippen MR) is 81.7 cm³/mol. The maximum Gasteiger partial charge on any atom is 0.290 e. The van der Waals surface area contributed by atoms with Gasteiger partial charge in [-0.2, -0.15) is 0 Å². The molecule has 0 aliphatic carbocycles. The monoisotopic (exact) mass is 284 g/mol. The highest BCUT2D eigenvalue weighted by molar-refractivity contribution is 5.52. The molecule has 1 aromatic heterocycles. The number of hydrogen-bond acceptors (Lipinski definition) is 5. The molecule has 1 saturated heterocycles. The van der Waals surface area contributed by atoms with Crippen LogP contribution in [-0.4, -0.2) is 29.0 Å². The largest absolute Gasteiger partial charge is 0.379 e. The molecular weight excluding hydrogens is 268 g/mol. The van der Waals surface area contributed by atoms with E-state index in [0.717, 1.165) is 24.6 Å². The standard InChI is InChI=1S/C15H16N4O2/c1-11-14(19(20)21)7-8-15(16-11)18-9-13(10-18)17-12-5-3-2-4-6-12/h2-8,13,17H,9-10H2,1H3. The summed E-state index contributed by atoms with van der Waals surface area (Å²) >= 11 is 0. The van der Waals surface area contributed by atoms with Crippen molar-refractivity contribution in [1.29, 1.82) is 0 Å². The molecule has 1 aliphatic rings. The van der Waals surface area contributed by atoms with E-state index in [-0.39, 0.29) is 5.69 Å². The number of hydrogen-bond donors (Lipinski definition) is 1. The number of para-hydroxylation sites is 1. The molecule has 108 valence electrons. The van der Waals surface area contributed by atoms with E-state index in [1.165, 1.54) is 6.07 Å². The number of aromatic nitrogens is 1. The fourth-order valence-electron chi connectivity index (χ4n) is 2.44. The minimum atomic E-state index is -0.401. The van der Waals surface area contributed by atoms with Gasteiger partial charge in [0.05, 0.1) is 11.0 Å². The second-order valence-corrected chi connectivity index (χ2v) is 5.14. The lowest BCUT2D eigenvalue weighted by Gasteiger charge is -2.41. The van der Waals surface area contributed by atoms with E-state index in [1.807, 2.05) is 30.3 Å². The third kappa shape index (κ3) is 2.79. The van der Waals surface area contributed by atoms with Gasteiger partial charge in [0.1, 0.15) is 11.5 Å². The van der Waals surface area contributed by atoms with E-state index in [1.54, 1.807) is 13.0 Å². The third-order valence-electron chi connectivity index (χ3n) is 3.59. The van der Waals surface area contributed by atoms with Gasteiger partial charge in [-0.3, -0.25) is 10.1 Å². The van der Waals surface area contributed by atoms with Gasteiger partial charge in [0, 0.05) is 24.8 Å². The van der Waals surface area contributed by atoms with Gasteiger partial charge >= 0.3 is 0 Å². The Morgan fingerprint density at radius 3 is 2.57 bits per heavy atom. The summed E-state index contributed by atoms with van der Waals surface area (Å²) in [5.41, 5.74) is 1.63. The Morgan fingerprint density at radius 1 is 1.24 bits per heavy atom. The summed E-state index contributed by atoms with van der Waals surface area (Å²) in [5, 5.41) is 14.2. The van der Waals surface area contributed by atoms with Gasteiger partial charge in [-0.1, -0.05) is 18.2 Å². The maximum absolute atomic E-state index is 10.8. The highest BCUT2D eigenvalue weighted by atomic mass is 16.6. The molecule has 21 heavy (non-hydrogen) atoms. The van der Waals surface area contributed by atoms with Crippen molar-refractivity contribution in [3.63, 3.8) is 0 Å². The van der Waals surface area contributed by atoms with Crippen molar-refractivity contribution in [3.05, 3.63) is 58.3 Å². The minimum absolute atomic E-state index is 0.0678. The SMILES string of the molecule is Cc1nc(N2CC(Nc3ccccc3)C2)ccc1[N+](=O)[O-]. The van der Waals surface area contributed by atoms with Gasteiger partial charge in [0.15, 0.2) is 0 Å². The molecule has 1 N–H and O–H groups in total. The zero-order valence-electron chi connectivity index (χ0n) is 11.7. The number of rotatable bonds is 4. The van der Waals surface area contributed by atoms with Crippen molar-refractivity contribution in [2.24, 2.45) is 0 Å². The number of pyridine rings is 1. The Morgan fingerprint density at radius 2 is 1.95 bits per heavy atom. The number of anilines is 2. The maximum atomic E-state index is 10.8. The molecular formula is C15H16N4O2. The second kappa shape index (κ2) is 5.40. The Kier molecular flexibility index (Phi) is 3.43. The van der Waals surface area contributed by atoms with Crippen molar-refractivity contribution < 1.29 is 4.92 Å². The van der Waals surface area contributed by atoms with Crippen LogP contribution in [0.2, 0.25) is 0 Å². The van der Waals surface area contributed by atoms with E-state index in [4.69, 9.17) is 0 Å². The summed E-state index contributed by atoms with van der Waals surface area (Å²) in [5.74, 6) is 0.796. The Balaban J connectivity index is 1.61. The molecule has 6 heteroatoms. The van der Waals surface area contributed by atoms with Gasteiger partial charge in [-0.15, -0.1) is 0 Å². The molecule has 0 saturated carbocycles. The number of benzene rings is 1. The molecule has 6 nitrogen and oxygen atoms in total. The van der Waals surface area contributed by atoms with E-state index in [9.17, 15) is 10.1 Å². The van der Waals surface area contributed by atoms with Crippen LogP contribution in [0.5, 0.6) is 0 Å². The summed E-state index contributed by atoms with van der Waals surface area (Å²) in [6.45, 7) is 3.36. The highest BCUT2D eigenvalue weighted by Gasteiger charge is 2.28. The molecule has 0 amide bonds. The van der Waals surface area contributed by atoms with Gasteiger partial charge in [0.2, 0.25) is 0 Å². The first-order valence-corrected chi connectivity index (χ1v) is 6.82. The number of nitrogens with zero attached hydrogens (tertiary/aromatic N) is 3. The summed E-state index contributed by atoms with van der Waals surface area (Å²) in [7, 11) is 0. The van der Waals surface area contributed by atoms with E-state index in [2.05, 4.69) is 15.2 Å². The second-order valence-electron chi connectivity index (χ2n) is 5.14. The fourth-order valence-corrected chi connectivity index (χ4v) is 2.44. The van der Waals surface area contributed by atoms with Gasteiger partial charge in [-0.05, 0) is 25.1 Å². The average Bonchev–Trinajstić information content (AvgIpc) is 2.43. The number of aryl methyl sites for hydroxylation is 1. The predicted octanol–water partition coefficient (Wildman–Crippen LogP) is 2.60. The average molecular weight is 284 g/mol. The van der Waals surface area contributed by atoms with Crippen LogP contribution in [0.4, 0.5) is 17.2 Å². The molecule has 1 aromatic carbocycles. The Hall–Kier alpha value is -2.63. The lowest BCUT2D eigenvalue weighted by atomic mass is 10.1. The van der Waals surface area contributed by atoms with Gasteiger partial charge < -0.3 is 10.2 Å². The molecule has 0 spiro atoms. The van der Waals surface area contributed by atoms with Crippen molar-refractivity contribution in [2.45, 2.75) is 13.0 Å². The van der Waals surface area contributed by atoms with Crippen molar-refractivity contribution >= 4 is 17.2 Å². The van der Waals surface area contributed by atoms with Crippen LogP contribution in [0.1, 0.15) is 5.69 Å². The third-order valence-corrected chi connectivity index (χ3v) is 3.59. The normalized spacial score (nSPS) is 14.6. The quantitative estimate of drug-likeness (QED) is 0.690. The van der Waals surface area contributed by atoms with Crippen LogP contribution in [-0.2, 0) is 0 Å². The smallest absolute Gasteiger partial charge is 0.290 e. The minimum Gasteiger partial charge on any atom is -0.379 e. The molecule has 0 bridgehead atoms. The molecule has 0 atom stereocenters. The van der Waals surface area contributed by atoms with E-state index in [0.29, 0.717) is 11.7 Å². The zero-order valence-corrected chi connectivity index (χ0v) is 11.7. The lowest BCUT2D eigenvalue weighted by molar-refractivity contribution is -0.385. The summed E-state index contributed by atoms with van der Waals surface area (Å²) in [6, 6.07) is 13.7. The van der Waals surface area contributed by atoms with Crippen LogP contribution in [0.3, 0.4) is 0 Å². The zero-order chi connectivity index (χ0) is 14.8. The first-order chi connectivity index (χ1) is 10.1. The molecule has 1 aliphatic heterocycles. The lowest BCUT2D eigenvalue weighted by Crippen LogP contribution is -2.55. The Labute approximate surface area is 122 Å². The summed E-state index contributed by atoms with van der Waals surface area (Å²) < 4.78 is 0. The Bertz CT molecular complexity index is 654. The van der Waals surface area contributed by atoms with E-state index >= 15 is 0 Å². The van der Waals surface area contributed by atoms with Crippen LogP contribution >= 0.6 is 0 Å². The van der Waals surface area contributed by atoms with Crippen LogP contribution < -0.4 is 10.2 Å². The van der Waals surface area contributed by atoms with E-state index < -0.39 is 4.92 Å². The van der Waals surface area contributed by atoms with Crippen LogP contribution in [0, 0.1) is 17.0 Å². The first kappa shape index (κ1) is 13.4. The molecule has 0 radical (unpaired) electrons. The van der Waals surface area contributed by atoms with Crippen molar-refractivity contribution in [3.8, 4) is 0 Å². The molecule has 2 aromatic rings. The fraction of sp³-hybridized carbons (Fsp3) is 0.267. The summed E-state index contributed by atoms with van der Waals surface area (Å²) in [4.78, 5) is 16.8. The van der Waals surface area contributed by atoms with Crippen molar-refractivity contribution in [2.75, 3.05) is 23.3 Å². The number of nitro groups is 1.